The molecule has 1 aromatic carbocycles. The third kappa shape index (κ3) is 11.7. The summed E-state index contributed by atoms with van der Waals surface area (Å²) in [7, 11) is 2.75. The van der Waals surface area contributed by atoms with E-state index in [2.05, 4.69) is 51.7 Å². The van der Waals surface area contributed by atoms with Crippen molar-refractivity contribution in [3.05, 3.63) is 60.2 Å². The van der Waals surface area contributed by atoms with Crippen molar-refractivity contribution in [1.29, 1.82) is 0 Å². The maximum Gasteiger partial charge on any atom is -0.0163 e. The van der Waals surface area contributed by atoms with E-state index in [1.807, 2.05) is 52.8 Å². The monoisotopic (exact) mass is 276 g/mol. The second-order valence-corrected chi connectivity index (χ2v) is 3.84. The minimum atomic E-state index is 0.976. The molecule has 0 aromatic heterocycles. The lowest BCUT2D eigenvalue weighted by Crippen LogP contribution is -1.93. The second-order valence-electron chi connectivity index (χ2n) is 3.22. The third-order valence-electron chi connectivity index (χ3n) is 2.01. The molecule has 1 rings (SSSR count). The molecule has 1 unspecified atom stereocenters. The zero-order chi connectivity index (χ0) is 14.9. The normalized spacial score (nSPS) is 10.2. The highest BCUT2D eigenvalue weighted by Crippen LogP contribution is 2.03. The van der Waals surface area contributed by atoms with E-state index in [9.17, 15) is 0 Å². The van der Waals surface area contributed by atoms with Gasteiger partial charge < -0.3 is 0 Å². The van der Waals surface area contributed by atoms with Crippen LogP contribution >= 0.6 is 9.24 Å². The van der Waals surface area contributed by atoms with Crippen LogP contribution in [0.25, 0.3) is 6.08 Å². The van der Waals surface area contributed by atoms with Gasteiger partial charge in [0, 0.05) is 0 Å². The average molecular weight is 276 g/mol. The zero-order valence-electron chi connectivity index (χ0n) is 13.1. The van der Waals surface area contributed by atoms with E-state index in [0.29, 0.717) is 0 Å². The molecule has 0 aliphatic heterocycles. The largest absolute Gasteiger partial charge is 0.105 e. The first-order chi connectivity index (χ1) is 9.34. The Morgan fingerprint density at radius 1 is 0.947 bits per heavy atom. The summed E-state index contributed by atoms with van der Waals surface area (Å²) >= 11 is 0. The van der Waals surface area contributed by atoms with Crippen LogP contribution in [-0.2, 0) is 0 Å². The molecule has 106 valence electrons. The third-order valence-corrected chi connectivity index (χ3v) is 2.53. The van der Waals surface area contributed by atoms with Crippen LogP contribution < -0.4 is 5.30 Å². The first-order valence-corrected chi connectivity index (χ1v) is 7.71. The van der Waals surface area contributed by atoms with Gasteiger partial charge in [0.25, 0.3) is 0 Å². The van der Waals surface area contributed by atoms with Gasteiger partial charge in [0.15, 0.2) is 0 Å². The Labute approximate surface area is 122 Å². The van der Waals surface area contributed by atoms with E-state index < -0.39 is 0 Å². The van der Waals surface area contributed by atoms with Gasteiger partial charge in [0.1, 0.15) is 0 Å². The fourth-order valence-electron chi connectivity index (χ4n) is 1.20. The Balaban J connectivity index is 0. The summed E-state index contributed by atoms with van der Waals surface area (Å²) in [4.78, 5) is 0. The van der Waals surface area contributed by atoms with E-state index in [-0.39, 0.29) is 0 Å². The van der Waals surface area contributed by atoms with Gasteiger partial charge in [0.05, 0.1) is 0 Å². The van der Waals surface area contributed by atoms with Crippen LogP contribution in [0.15, 0.2) is 54.6 Å². The van der Waals surface area contributed by atoms with E-state index in [0.717, 1.165) is 6.42 Å². The number of benzene rings is 1. The van der Waals surface area contributed by atoms with Crippen LogP contribution in [0, 0.1) is 0 Å². The molecule has 0 N–H and O–H groups in total. The molecule has 0 aliphatic carbocycles. The van der Waals surface area contributed by atoms with Crippen LogP contribution in [0.4, 0.5) is 0 Å². The first-order valence-electron chi connectivity index (χ1n) is 7.13. The minimum Gasteiger partial charge on any atom is -0.105 e. The molecule has 1 heteroatoms. The molecule has 0 nitrogen and oxygen atoms in total. The molecule has 0 saturated carbocycles. The van der Waals surface area contributed by atoms with Crippen LogP contribution in [0.2, 0.25) is 0 Å². The molecule has 0 saturated heterocycles. The van der Waals surface area contributed by atoms with Crippen molar-refractivity contribution in [2.75, 3.05) is 0 Å². The maximum absolute atomic E-state index is 2.75. The van der Waals surface area contributed by atoms with E-state index in [4.69, 9.17) is 0 Å². The Morgan fingerprint density at radius 2 is 1.58 bits per heavy atom. The predicted octanol–water partition coefficient (Wildman–Crippen LogP) is 5.78. The van der Waals surface area contributed by atoms with E-state index in [1.165, 1.54) is 10.9 Å². The summed E-state index contributed by atoms with van der Waals surface area (Å²) in [6.45, 7) is 10.0. The zero-order valence-corrected chi connectivity index (χ0v) is 14.2. The molecule has 0 bridgehead atoms. The standard InChI is InChI=1S/C14H17P.2C2H6/c1-2-3-4-5-6-7-10-13-11-8-9-12-14(13)15;2*1-2/h2-5,7-12H,6,15H2,1H3;2*1-2H3/b3-2-,5-4-,10-7-;;. The predicted molar refractivity (Wildman–Crippen MR) is 96.1 cm³/mol. The minimum absolute atomic E-state index is 0.976. The maximum atomic E-state index is 2.75. The molecule has 0 spiro atoms. The highest BCUT2D eigenvalue weighted by atomic mass is 31.0. The Bertz CT molecular complexity index is 373. The van der Waals surface area contributed by atoms with Gasteiger partial charge in [-0.2, -0.15) is 0 Å². The van der Waals surface area contributed by atoms with Crippen LogP contribution in [0.3, 0.4) is 0 Å². The average Bonchev–Trinajstić information content (AvgIpc) is 2.49. The Hall–Kier alpha value is -1.13. The number of hydrogen-bond donors (Lipinski definition) is 0. The molecule has 1 aromatic rings. The van der Waals surface area contributed by atoms with Gasteiger partial charge in [-0.25, -0.2) is 0 Å². The fourth-order valence-corrected chi connectivity index (χ4v) is 1.51. The summed E-state index contributed by atoms with van der Waals surface area (Å²) in [5, 5.41) is 1.24. The van der Waals surface area contributed by atoms with Gasteiger partial charge >= 0.3 is 0 Å². The van der Waals surface area contributed by atoms with Crippen molar-refractivity contribution >= 4 is 20.6 Å². The van der Waals surface area contributed by atoms with E-state index >= 15 is 0 Å². The topological polar surface area (TPSA) is 0 Å². The van der Waals surface area contributed by atoms with Gasteiger partial charge in [-0.3, -0.25) is 0 Å². The Morgan fingerprint density at radius 3 is 2.16 bits per heavy atom. The molecule has 0 aliphatic rings. The van der Waals surface area contributed by atoms with Crippen molar-refractivity contribution < 1.29 is 0 Å². The number of allylic oxidation sites excluding steroid dienone is 5. The van der Waals surface area contributed by atoms with Gasteiger partial charge in [-0.1, -0.05) is 88.4 Å². The summed E-state index contributed by atoms with van der Waals surface area (Å²) in [5.74, 6) is 0. The molecular weight excluding hydrogens is 247 g/mol. The van der Waals surface area contributed by atoms with Crippen molar-refractivity contribution in [1.82, 2.24) is 0 Å². The number of rotatable bonds is 4. The lowest BCUT2D eigenvalue weighted by Gasteiger charge is -1.96. The molecule has 0 heterocycles. The van der Waals surface area contributed by atoms with Crippen LogP contribution in [0.1, 0.15) is 46.6 Å². The van der Waals surface area contributed by atoms with Crippen LogP contribution in [0.5, 0.6) is 0 Å². The molecule has 1 atom stereocenters. The lowest BCUT2D eigenvalue weighted by atomic mass is 10.2. The smallest absolute Gasteiger partial charge is 0.0163 e. The van der Waals surface area contributed by atoms with Crippen molar-refractivity contribution in [2.45, 2.75) is 41.0 Å². The summed E-state index contributed by atoms with van der Waals surface area (Å²) < 4.78 is 0. The molecular formula is C18H29P. The second kappa shape index (κ2) is 16.9. The Kier molecular flexibility index (Phi) is 17.9. The SMILES string of the molecule is C/C=C\C=C/C/C=C\c1ccccc1P.CC.CC. The van der Waals surface area contributed by atoms with Crippen molar-refractivity contribution in [3.8, 4) is 0 Å². The van der Waals surface area contributed by atoms with Crippen LogP contribution in [-0.4, -0.2) is 0 Å². The molecule has 0 amide bonds. The summed E-state index contributed by atoms with van der Waals surface area (Å²) in [5.41, 5.74) is 1.27. The quantitative estimate of drug-likeness (QED) is 0.483. The highest BCUT2D eigenvalue weighted by molar-refractivity contribution is 7.27. The van der Waals surface area contributed by atoms with Crippen molar-refractivity contribution in [2.24, 2.45) is 0 Å². The van der Waals surface area contributed by atoms with Gasteiger partial charge in [-0.15, -0.1) is 9.24 Å². The fraction of sp³-hybridized carbons (Fsp3) is 0.333. The van der Waals surface area contributed by atoms with Gasteiger partial charge in [-0.05, 0) is 24.2 Å². The van der Waals surface area contributed by atoms with E-state index in [1.54, 1.807) is 0 Å². The van der Waals surface area contributed by atoms with Gasteiger partial charge in [0.2, 0.25) is 0 Å². The number of hydrogen-bond acceptors (Lipinski definition) is 0. The highest BCUT2D eigenvalue weighted by Gasteiger charge is 1.89. The lowest BCUT2D eigenvalue weighted by molar-refractivity contribution is 1.41. The first kappa shape index (κ1) is 20.2. The molecule has 0 radical (unpaired) electrons. The van der Waals surface area contributed by atoms with Crippen molar-refractivity contribution in [3.63, 3.8) is 0 Å². The molecule has 0 fully saturated rings. The summed E-state index contributed by atoms with van der Waals surface area (Å²) in [6.07, 6.45) is 13.6. The summed E-state index contributed by atoms with van der Waals surface area (Å²) in [6, 6.07) is 8.32. The molecule has 19 heavy (non-hydrogen) atoms.